The second-order valence-corrected chi connectivity index (χ2v) is 16.5. The smallest absolute Gasteiger partial charge is 0.407 e. The van der Waals surface area contributed by atoms with Crippen molar-refractivity contribution < 1.29 is 33.4 Å². The van der Waals surface area contributed by atoms with Crippen LogP contribution in [-0.2, 0) is 25.7 Å². The molecule has 0 spiro atoms. The summed E-state index contributed by atoms with van der Waals surface area (Å²) in [6, 6.07) is 15.0. The molecule has 8 rings (SSSR count). The number of rotatable bonds is 10. The van der Waals surface area contributed by atoms with Crippen molar-refractivity contribution in [3.63, 3.8) is 0 Å². The first kappa shape index (κ1) is 40.4. The number of hydrogen-bond donors (Lipinski definition) is 4. The molecule has 5 aromatic rings. The number of imidazole rings is 2. The fourth-order valence-corrected chi connectivity index (χ4v) is 8.82. The molecule has 60 heavy (non-hydrogen) atoms. The van der Waals surface area contributed by atoms with Crippen LogP contribution < -0.4 is 15.4 Å². The van der Waals surface area contributed by atoms with Crippen molar-refractivity contribution >= 4 is 34.8 Å². The van der Waals surface area contributed by atoms with E-state index in [1.54, 1.807) is 0 Å². The molecule has 4 amide bonds. The summed E-state index contributed by atoms with van der Waals surface area (Å²) in [7, 11) is 2.58. The van der Waals surface area contributed by atoms with E-state index in [0.29, 0.717) is 31.3 Å². The fraction of sp³-hybridized carbons (Fsp3) is 0.422. The Hall–Kier alpha value is -6.38. The lowest BCUT2D eigenvalue weighted by atomic mass is 9.92. The number of carbonyl (C=O) groups is 4. The molecule has 4 atom stereocenters. The number of amides is 4. The number of carbonyl (C=O) groups excluding carboxylic acids is 4. The van der Waals surface area contributed by atoms with Crippen molar-refractivity contribution in [2.45, 2.75) is 84.2 Å². The summed E-state index contributed by atoms with van der Waals surface area (Å²) in [6.07, 6.45) is 5.59. The predicted octanol–water partition coefficient (Wildman–Crippen LogP) is 7.27. The van der Waals surface area contributed by atoms with Gasteiger partial charge in [0.2, 0.25) is 11.8 Å². The highest BCUT2D eigenvalue weighted by molar-refractivity contribution is 5.98. The Bertz CT molecular complexity index is 2440. The van der Waals surface area contributed by atoms with Crippen molar-refractivity contribution in [3.05, 3.63) is 78.1 Å². The third kappa shape index (κ3) is 7.64. The first-order valence-electron chi connectivity index (χ1n) is 20.7. The SMILES string of the molecule is COC(=O)N[C@H](C(=O)N1CCCC1c1ncc(-c2ccc3c(c2)COc2c-3ccc3cc(-c4cnc([C@@H]5CCCN5C(=O)[C@@H](NC(=O)OC)C(C)C)[nH]4)ccc23)[nH]1)C(C)C. The molecule has 3 aliphatic heterocycles. The minimum atomic E-state index is -0.698. The van der Waals surface area contributed by atoms with Crippen LogP contribution in [0.4, 0.5) is 9.59 Å². The van der Waals surface area contributed by atoms with Gasteiger partial charge >= 0.3 is 12.2 Å². The lowest BCUT2D eigenvalue weighted by Gasteiger charge is -2.30. The van der Waals surface area contributed by atoms with Gasteiger partial charge in [-0.25, -0.2) is 19.6 Å². The number of nitrogens with one attached hydrogen (secondary N) is 4. The molecule has 2 fully saturated rings. The van der Waals surface area contributed by atoms with Gasteiger partial charge in [-0.15, -0.1) is 0 Å². The van der Waals surface area contributed by atoms with E-state index in [9.17, 15) is 19.2 Å². The fourth-order valence-electron chi connectivity index (χ4n) is 8.82. The number of aromatic amines is 2. The largest absolute Gasteiger partial charge is 0.488 e. The molecule has 5 heterocycles. The lowest BCUT2D eigenvalue weighted by molar-refractivity contribution is -0.136. The van der Waals surface area contributed by atoms with Crippen LogP contribution in [0, 0.1) is 11.8 Å². The molecular formula is C45H52N8O7. The van der Waals surface area contributed by atoms with Crippen molar-refractivity contribution in [2.24, 2.45) is 11.8 Å². The Morgan fingerprint density at radius 2 is 1.23 bits per heavy atom. The van der Waals surface area contributed by atoms with Gasteiger partial charge in [0.25, 0.3) is 0 Å². The maximum Gasteiger partial charge on any atom is 0.407 e. The Morgan fingerprint density at radius 3 is 1.77 bits per heavy atom. The highest BCUT2D eigenvalue weighted by atomic mass is 16.5. The van der Waals surface area contributed by atoms with Crippen molar-refractivity contribution in [3.8, 4) is 39.4 Å². The van der Waals surface area contributed by atoms with Crippen molar-refractivity contribution in [1.82, 2.24) is 40.4 Å². The zero-order valence-corrected chi connectivity index (χ0v) is 34.8. The average Bonchev–Trinajstić information content (AvgIpc) is 4.10. The van der Waals surface area contributed by atoms with Crippen LogP contribution in [0.1, 0.15) is 82.7 Å². The Kier molecular flexibility index (Phi) is 11.2. The summed E-state index contributed by atoms with van der Waals surface area (Å²) < 4.78 is 16.0. The minimum absolute atomic E-state index is 0.114. The number of nitrogens with zero attached hydrogens (tertiary/aromatic N) is 4. The van der Waals surface area contributed by atoms with E-state index >= 15 is 0 Å². The van der Waals surface area contributed by atoms with Crippen LogP contribution >= 0.6 is 0 Å². The van der Waals surface area contributed by atoms with E-state index < -0.39 is 24.3 Å². The summed E-state index contributed by atoms with van der Waals surface area (Å²) >= 11 is 0. The molecule has 0 radical (unpaired) electrons. The van der Waals surface area contributed by atoms with Crippen LogP contribution in [0.25, 0.3) is 44.4 Å². The molecule has 0 saturated carbocycles. The number of fused-ring (bicyclic) bond motifs is 5. The van der Waals surface area contributed by atoms with E-state index in [1.165, 1.54) is 14.2 Å². The standard InChI is InChI=1S/C45H52N8O7/c1-24(2)37(50-44(56)58-5)42(54)52-17-7-9-35(52)40-46-21-33(48-40)27-13-15-31-26(19-27)11-16-32-30-14-12-28(20-29(30)23-60-39(31)32)34-22-47-41(49-34)36-10-8-18-53(36)43(55)38(25(3)4)51-45(57)59-6/h11-16,19-22,24-25,35-38H,7-10,17-18,23H2,1-6H3,(H,46,48)(H,47,49)(H,50,56)(H,51,57)/t35-,36?,37-,38-/m0/s1. The van der Waals surface area contributed by atoms with Gasteiger partial charge in [-0.05, 0) is 77.8 Å². The maximum atomic E-state index is 13.6. The number of hydrogen-bond acceptors (Lipinski definition) is 9. The highest BCUT2D eigenvalue weighted by Gasteiger charge is 2.39. The zero-order chi connectivity index (χ0) is 42.2. The molecule has 3 aromatic carbocycles. The Balaban J connectivity index is 0.985. The molecule has 1 unspecified atom stereocenters. The van der Waals surface area contributed by atoms with Crippen molar-refractivity contribution in [1.29, 1.82) is 0 Å². The highest BCUT2D eigenvalue weighted by Crippen LogP contribution is 2.44. The van der Waals surface area contributed by atoms with Crippen LogP contribution in [0.3, 0.4) is 0 Å². The normalized spacial score (nSPS) is 18.2. The van der Waals surface area contributed by atoms with Gasteiger partial charge in [-0.1, -0.05) is 58.0 Å². The van der Waals surface area contributed by atoms with Gasteiger partial charge in [0, 0.05) is 29.6 Å². The van der Waals surface area contributed by atoms with Crippen LogP contribution in [-0.4, -0.2) is 93.1 Å². The molecule has 15 nitrogen and oxygen atoms in total. The lowest BCUT2D eigenvalue weighted by Crippen LogP contribution is -2.51. The number of aromatic nitrogens is 4. The van der Waals surface area contributed by atoms with Gasteiger partial charge in [-0.2, -0.15) is 0 Å². The third-order valence-corrected chi connectivity index (χ3v) is 12.0. The monoisotopic (exact) mass is 816 g/mol. The second kappa shape index (κ2) is 16.7. The van der Waals surface area contributed by atoms with E-state index in [1.807, 2.05) is 49.9 Å². The first-order chi connectivity index (χ1) is 28.9. The summed E-state index contributed by atoms with van der Waals surface area (Å²) in [5.74, 6) is 1.75. The summed E-state index contributed by atoms with van der Waals surface area (Å²) in [6.45, 7) is 9.18. The van der Waals surface area contributed by atoms with Crippen LogP contribution in [0.15, 0.2) is 60.9 Å². The topological polar surface area (TPSA) is 184 Å². The number of methoxy groups -OCH3 is 2. The molecule has 314 valence electrons. The van der Waals surface area contributed by atoms with Crippen LogP contribution in [0.2, 0.25) is 0 Å². The maximum absolute atomic E-state index is 13.6. The number of alkyl carbamates (subject to hydrolysis) is 2. The first-order valence-corrected chi connectivity index (χ1v) is 20.7. The van der Waals surface area contributed by atoms with Crippen LogP contribution in [0.5, 0.6) is 5.75 Å². The van der Waals surface area contributed by atoms with Gasteiger partial charge in [0.1, 0.15) is 36.1 Å². The summed E-state index contributed by atoms with van der Waals surface area (Å²) in [4.78, 5) is 71.3. The van der Waals surface area contributed by atoms with E-state index in [0.717, 1.165) is 81.4 Å². The number of ether oxygens (including phenoxy) is 3. The van der Waals surface area contributed by atoms with E-state index in [2.05, 4.69) is 69.1 Å². The Labute approximate surface area is 348 Å². The molecule has 3 aliphatic rings. The molecule has 15 heteroatoms. The second-order valence-electron chi connectivity index (χ2n) is 16.5. The quantitative estimate of drug-likeness (QED) is 0.113. The van der Waals surface area contributed by atoms with Gasteiger partial charge in [0.05, 0.1) is 50.1 Å². The van der Waals surface area contributed by atoms with Gasteiger partial charge in [-0.3, -0.25) is 9.59 Å². The predicted molar refractivity (Wildman–Crippen MR) is 225 cm³/mol. The van der Waals surface area contributed by atoms with Gasteiger partial charge in [0.15, 0.2) is 0 Å². The minimum Gasteiger partial charge on any atom is -0.488 e. The summed E-state index contributed by atoms with van der Waals surface area (Å²) in [5, 5.41) is 7.44. The van der Waals surface area contributed by atoms with Gasteiger partial charge < -0.3 is 44.6 Å². The zero-order valence-electron chi connectivity index (χ0n) is 34.8. The molecule has 2 saturated heterocycles. The van der Waals surface area contributed by atoms with Crippen molar-refractivity contribution in [2.75, 3.05) is 27.3 Å². The number of H-pyrrole nitrogens is 2. The number of benzene rings is 3. The van der Waals surface area contributed by atoms with E-state index in [-0.39, 0.29) is 35.7 Å². The molecule has 0 aliphatic carbocycles. The van der Waals surface area contributed by atoms with E-state index in [4.69, 9.17) is 24.2 Å². The molecule has 0 bridgehead atoms. The summed E-state index contributed by atoms with van der Waals surface area (Å²) in [5.41, 5.74) is 6.81. The average molecular weight is 817 g/mol. The Morgan fingerprint density at radius 1 is 0.717 bits per heavy atom. The molecule has 4 N–H and O–H groups in total. The molecule has 2 aromatic heterocycles. The molecular weight excluding hydrogens is 765 g/mol. The third-order valence-electron chi connectivity index (χ3n) is 12.0. The number of likely N-dealkylation sites (tertiary alicyclic amines) is 2.